The Labute approximate surface area is 189 Å². The van der Waals surface area contributed by atoms with Crippen molar-refractivity contribution >= 4 is 17.8 Å². The van der Waals surface area contributed by atoms with Gasteiger partial charge in [0.05, 0.1) is 0 Å². The van der Waals surface area contributed by atoms with Crippen LogP contribution in [0.3, 0.4) is 0 Å². The monoisotopic (exact) mass is 436 g/mol. The number of benzene rings is 1. The zero-order valence-electron chi connectivity index (χ0n) is 19.5. The van der Waals surface area contributed by atoms with Gasteiger partial charge in [0.2, 0.25) is 0 Å². The fourth-order valence-corrected chi connectivity index (χ4v) is 4.65. The van der Waals surface area contributed by atoms with Gasteiger partial charge in [-0.25, -0.2) is 9.59 Å². The third kappa shape index (κ3) is 4.56. The van der Waals surface area contributed by atoms with Crippen LogP contribution in [0.1, 0.15) is 55.5 Å². The lowest BCUT2D eigenvalue weighted by Crippen LogP contribution is -2.52. The fourth-order valence-electron chi connectivity index (χ4n) is 4.65. The number of rotatable bonds is 2. The van der Waals surface area contributed by atoms with Gasteiger partial charge >= 0.3 is 12.1 Å². The highest BCUT2D eigenvalue weighted by atomic mass is 16.6. The van der Waals surface area contributed by atoms with Crippen LogP contribution in [-0.2, 0) is 11.3 Å². The highest BCUT2D eigenvalue weighted by Crippen LogP contribution is 2.45. The van der Waals surface area contributed by atoms with Gasteiger partial charge in [-0.2, -0.15) is 0 Å². The molecule has 0 spiro atoms. The molecule has 2 atom stereocenters. The molecule has 2 aromatic rings. The third-order valence-electron chi connectivity index (χ3n) is 6.03. The van der Waals surface area contributed by atoms with E-state index >= 15 is 0 Å². The van der Waals surface area contributed by atoms with Crippen LogP contribution in [0.4, 0.5) is 15.3 Å². The van der Waals surface area contributed by atoms with Crippen molar-refractivity contribution in [3.8, 4) is 0 Å². The van der Waals surface area contributed by atoms with Gasteiger partial charge < -0.3 is 15.0 Å². The zero-order chi connectivity index (χ0) is 23.0. The quantitative estimate of drug-likeness (QED) is 0.751. The van der Waals surface area contributed by atoms with Crippen LogP contribution in [-0.4, -0.2) is 46.7 Å². The number of pyridine rings is 1. The molecule has 3 amide bonds. The van der Waals surface area contributed by atoms with Crippen LogP contribution in [0.25, 0.3) is 0 Å². The standard InChI is InChI=1S/C25H32N4O3/c1-16-6-7-21-19(12-16)20-15-28(24(31)32-25(3,4)5)11-9-22(20)29(21)23(30)27-14-18-8-10-26-17(2)13-18/h6-8,10,12-13,20,22H,9,11,14-15H2,1-5H3,(H,27,30). The van der Waals surface area contributed by atoms with Crippen LogP contribution >= 0.6 is 0 Å². The number of nitrogens with zero attached hydrogens (tertiary/aromatic N) is 3. The van der Waals surface area contributed by atoms with Crippen LogP contribution in [0.5, 0.6) is 0 Å². The van der Waals surface area contributed by atoms with Crippen molar-refractivity contribution in [3.63, 3.8) is 0 Å². The number of piperidine rings is 1. The van der Waals surface area contributed by atoms with Gasteiger partial charge in [0.15, 0.2) is 0 Å². The van der Waals surface area contributed by atoms with Gasteiger partial charge in [0.1, 0.15) is 5.60 Å². The Hall–Kier alpha value is -3.09. The fraction of sp³-hybridized carbons (Fsp3) is 0.480. The maximum Gasteiger partial charge on any atom is 0.410 e. The van der Waals surface area contributed by atoms with Crippen molar-refractivity contribution in [1.29, 1.82) is 0 Å². The number of carbonyl (C=O) groups is 2. The number of fused-ring (bicyclic) bond motifs is 3. The van der Waals surface area contributed by atoms with Crippen molar-refractivity contribution in [1.82, 2.24) is 15.2 Å². The summed E-state index contributed by atoms with van der Waals surface area (Å²) in [6.07, 6.45) is 2.17. The first-order valence-electron chi connectivity index (χ1n) is 11.2. The Kier molecular flexibility index (Phi) is 5.84. The molecule has 4 rings (SSSR count). The summed E-state index contributed by atoms with van der Waals surface area (Å²) < 4.78 is 5.60. The van der Waals surface area contributed by atoms with Gasteiger partial charge in [-0.1, -0.05) is 17.7 Å². The van der Waals surface area contributed by atoms with E-state index in [0.717, 1.165) is 28.1 Å². The molecule has 3 heterocycles. The second-order valence-corrected chi connectivity index (χ2v) is 9.79. The number of nitrogens with one attached hydrogen (secondary N) is 1. The van der Waals surface area contributed by atoms with Crippen molar-refractivity contribution in [2.45, 2.75) is 65.1 Å². The smallest absolute Gasteiger partial charge is 0.410 e. The molecular formula is C25H32N4O3. The van der Waals surface area contributed by atoms with E-state index in [0.29, 0.717) is 26.1 Å². The van der Waals surface area contributed by atoms with E-state index in [1.54, 1.807) is 11.1 Å². The van der Waals surface area contributed by atoms with Crippen molar-refractivity contribution in [3.05, 3.63) is 58.9 Å². The van der Waals surface area contributed by atoms with Crippen molar-refractivity contribution in [2.24, 2.45) is 0 Å². The lowest BCUT2D eigenvalue weighted by atomic mass is 9.88. The molecule has 7 heteroatoms. The molecule has 32 heavy (non-hydrogen) atoms. The number of hydrogen-bond acceptors (Lipinski definition) is 4. The lowest BCUT2D eigenvalue weighted by Gasteiger charge is -2.38. The van der Waals surface area contributed by atoms with E-state index in [1.807, 2.05) is 56.9 Å². The minimum absolute atomic E-state index is 0.0182. The molecule has 2 aliphatic heterocycles. The summed E-state index contributed by atoms with van der Waals surface area (Å²) in [7, 11) is 0. The number of likely N-dealkylation sites (tertiary alicyclic amines) is 1. The summed E-state index contributed by atoms with van der Waals surface area (Å²) in [6, 6.07) is 10.0. The van der Waals surface area contributed by atoms with Crippen LogP contribution in [0.2, 0.25) is 0 Å². The van der Waals surface area contributed by atoms with Gasteiger partial charge in [0.25, 0.3) is 0 Å². The maximum absolute atomic E-state index is 13.3. The Bertz CT molecular complexity index is 1030. The molecule has 7 nitrogen and oxygen atoms in total. The van der Waals surface area contributed by atoms with Crippen LogP contribution in [0.15, 0.2) is 36.5 Å². The molecule has 0 radical (unpaired) electrons. The van der Waals surface area contributed by atoms with Gasteiger partial charge in [-0.15, -0.1) is 0 Å². The Morgan fingerprint density at radius 3 is 2.69 bits per heavy atom. The Morgan fingerprint density at radius 1 is 1.19 bits per heavy atom. The maximum atomic E-state index is 13.3. The van der Waals surface area contributed by atoms with E-state index in [-0.39, 0.29) is 24.1 Å². The molecule has 1 N–H and O–H groups in total. The van der Waals surface area contributed by atoms with Gasteiger partial charge in [0, 0.05) is 49.2 Å². The van der Waals surface area contributed by atoms with E-state index < -0.39 is 5.60 Å². The van der Waals surface area contributed by atoms with E-state index in [2.05, 4.69) is 23.3 Å². The van der Waals surface area contributed by atoms with E-state index in [4.69, 9.17) is 4.74 Å². The van der Waals surface area contributed by atoms with Crippen LogP contribution in [0, 0.1) is 13.8 Å². The number of hydrogen-bond donors (Lipinski definition) is 1. The first kappa shape index (κ1) is 22.1. The third-order valence-corrected chi connectivity index (χ3v) is 6.03. The molecule has 2 aliphatic rings. The Morgan fingerprint density at radius 2 is 1.97 bits per heavy atom. The number of aryl methyl sites for hydroxylation is 2. The minimum Gasteiger partial charge on any atom is -0.444 e. The number of ether oxygens (including phenoxy) is 1. The molecule has 1 aromatic carbocycles. The predicted octanol–water partition coefficient (Wildman–Crippen LogP) is 4.52. The van der Waals surface area contributed by atoms with E-state index in [9.17, 15) is 9.59 Å². The number of anilines is 1. The molecule has 1 saturated heterocycles. The first-order valence-corrected chi connectivity index (χ1v) is 11.2. The number of carbonyl (C=O) groups excluding carboxylic acids is 2. The minimum atomic E-state index is -0.532. The average Bonchev–Trinajstić information content (AvgIpc) is 3.04. The second kappa shape index (κ2) is 8.45. The molecule has 1 aromatic heterocycles. The number of amides is 3. The SMILES string of the molecule is Cc1ccc2c(c1)C1CN(C(=O)OC(C)(C)C)CCC1N2C(=O)NCc1ccnc(C)c1. The second-order valence-electron chi connectivity index (χ2n) is 9.79. The zero-order valence-corrected chi connectivity index (χ0v) is 19.5. The predicted molar refractivity (Wildman–Crippen MR) is 124 cm³/mol. The summed E-state index contributed by atoms with van der Waals surface area (Å²) in [6.45, 7) is 11.2. The summed E-state index contributed by atoms with van der Waals surface area (Å²) in [5, 5.41) is 3.08. The molecule has 2 unspecified atom stereocenters. The molecule has 0 saturated carbocycles. The van der Waals surface area contributed by atoms with Crippen molar-refractivity contribution in [2.75, 3.05) is 18.0 Å². The van der Waals surface area contributed by atoms with Gasteiger partial charge in [-0.05, 0) is 70.4 Å². The molecule has 0 aliphatic carbocycles. The number of aromatic nitrogens is 1. The molecular weight excluding hydrogens is 404 g/mol. The molecule has 0 bridgehead atoms. The Balaban J connectivity index is 1.54. The highest BCUT2D eigenvalue weighted by molar-refractivity contribution is 5.95. The van der Waals surface area contributed by atoms with Gasteiger partial charge in [-0.3, -0.25) is 9.88 Å². The molecule has 1 fully saturated rings. The van der Waals surface area contributed by atoms with E-state index in [1.165, 1.54) is 0 Å². The number of urea groups is 1. The van der Waals surface area contributed by atoms with Crippen molar-refractivity contribution < 1.29 is 14.3 Å². The summed E-state index contributed by atoms with van der Waals surface area (Å²) in [5.74, 6) is 0.0695. The lowest BCUT2D eigenvalue weighted by molar-refractivity contribution is 0.0191. The largest absolute Gasteiger partial charge is 0.444 e. The summed E-state index contributed by atoms with van der Waals surface area (Å²) in [5.41, 5.74) is 4.61. The highest BCUT2D eigenvalue weighted by Gasteiger charge is 2.45. The first-order chi connectivity index (χ1) is 15.1. The molecule has 170 valence electrons. The van der Waals surface area contributed by atoms with Crippen LogP contribution < -0.4 is 10.2 Å². The average molecular weight is 437 g/mol. The normalized spacial score (nSPS) is 19.9. The summed E-state index contributed by atoms with van der Waals surface area (Å²) in [4.78, 5) is 33.9. The summed E-state index contributed by atoms with van der Waals surface area (Å²) >= 11 is 0. The topological polar surface area (TPSA) is 74.8 Å².